The van der Waals surface area contributed by atoms with Crippen molar-refractivity contribution in [1.82, 2.24) is 0 Å². The van der Waals surface area contributed by atoms with Crippen LogP contribution < -0.4 is 0 Å². The SMILES string of the molecule is Fc1cccc(-c2c3ccccc3c(-c3c4ccccc4c(-c4cccc(F)c4)c4ccccc34)c3ccccc23)c1. The first-order valence-corrected chi connectivity index (χ1v) is 14.1. The molecule has 0 N–H and O–H groups in total. The first-order chi connectivity index (χ1) is 20.7. The Morgan fingerprint density at radius 3 is 0.786 bits per heavy atom. The Bertz CT molecular complexity index is 2050. The molecular formula is C40H24F2. The van der Waals surface area contributed by atoms with E-state index in [9.17, 15) is 8.78 Å². The van der Waals surface area contributed by atoms with Gasteiger partial charge in [0.25, 0.3) is 0 Å². The Morgan fingerprint density at radius 1 is 0.262 bits per heavy atom. The largest absolute Gasteiger partial charge is 0.207 e. The minimum absolute atomic E-state index is 0.255. The van der Waals surface area contributed by atoms with Gasteiger partial charge in [0.2, 0.25) is 0 Å². The van der Waals surface area contributed by atoms with E-state index in [1.165, 1.54) is 12.1 Å². The van der Waals surface area contributed by atoms with Crippen molar-refractivity contribution in [1.29, 1.82) is 0 Å². The zero-order chi connectivity index (χ0) is 28.2. The second kappa shape index (κ2) is 9.64. The van der Waals surface area contributed by atoms with Crippen LogP contribution in [0.2, 0.25) is 0 Å². The summed E-state index contributed by atoms with van der Waals surface area (Å²) in [6.07, 6.45) is 0. The Hall–Kier alpha value is -5.34. The lowest BCUT2D eigenvalue weighted by atomic mass is 9.81. The molecule has 2 heteroatoms. The van der Waals surface area contributed by atoms with Crippen molar-refractivity contribution in [2.75, 3.05) is 0 Å². The Morgan fingerprint density at radius 2 is 0.524 bits per heavy atom. The number of fused-ring (bicyclic) bond motifs is 4. The molecule has 42 heavy (non-hydrogen) atoms. The number of hydrogen-bond donors (Lipinski definition) is 0. The van der Waals surface area contributed by atoms with E-state index in [4.69, 9.17) is 0 Å². The van der Waals surface area contributed by atoms with Gasteiger partial charge in [0.15, 0.2) is 0 Å². The van der Waals surface area contributed by atoms with Crippen molar-refractivity contribution in [2.24, 2.45) is 0 Å². The van der Waals surface area contributed by atoms with Crippen LogP contribution in [0.15, 0.2) is 146 Å². The second-order valence-electron chi connectivity index (χ2n) is 10.7. The summed E-state index contributed by atoms with van der Waals surface area (Å²) >= 11 is 0. The van der Waals surface area contributed by atoms with Crippen LogP contribution in [0.4, 0.5) is 8.78 Å². The maximum absolute atomic E-state index is 14.5. The van der Waals surface area contributed by atoms with E-state index in [2.05, 4.69) is 72.8 Å². The molecule has 8 rings (SSSR count). The molecule has 0 aliphatic carbocycles. The molecule has 0 saturated carbocycles. The first kappa shape index (κ1) is 24.5. The van der Waals surface area contributed by atoms with Gasteiger partial charge >= 0.3 is 0 Å². The van der Waals surface area contributed by atoms with Gasteiger partial charge in [-0.2, -0.15) is 0 Å². The lowest BCUT2D eigenvalue weighted by Gasteiger charge is -2.22. The van der Waals surface area contributed by atoms with Crippen LogP contribution in [0.1, 0.15) is 0 Å². The van der Waals surface area contributed by atoms with Gasteiger partial charge in [-0.15, -0.1) is 0 Å². The van der Waals surface area contributed by atoms with Crippen molar-refractivity contribution >= 4 is 43.1 Å². The molecule has 0 bridgehead atoms. The summed E-state index contributed by atoms with van der Waals surface area (Å²) in [5.74, 6) is -0.510. The average Bonchev–Trinajstić information content (AvgIpc) is 3.02. The Kier molecular flexibility index (Phi) is 5.61. The lowest BCUT2D eigenvalue weighted by Crippen LogP contribution is -1.95. The van der Waals surface area contributed by atoms with Crippen molar-refractivity contribution < 1.29 is 8.78 Å². The topological polar surface area (TPSA) is 0 Å². The zero-order valence-electron chi connectivity index (χ0n) is 22.6. The van der Waals surface area contributed by atoms with Crippen molar-refractivity contribution in [3.63, 3.8) is 0 Å². The lowest BCUT2D eigenvalue weighted by molar-refractivity contribution is 0.628. The van der Waals surface area contributed by atoms with E-state index in [-0.39, 0.29) is 11.6 Å². The molecule has 0 fully saturated rings. The standard InChI is InChI=1S/C40H24F2/c41-27-13-9-11-25(23-27)37-29-15-1-5-19-33(29)39(34-20-6-2-16-30(34)37)40-35-21-7-3-17-31(35)38(26-12-10-14-28(42)24-26)32-18-4-8-22-36(32)40/h1-24H. The molecule has 8 aromatic carbocycles. The second-order valence-corrected chi connectivity index (χ2v) is 10.7. The van der Waals surface area contributed by atoms with Gasteiger partial charge in [-0.25, -0.2) is 8.78 Å². The fourth-order valence-electron chi connectivity index (χ4n) is 6.71. The molecule has 8 aromatic rings. The van der Waals surface area contributed by atoms with Crippen LogP contribution in [0.3, 0.4) is 0 Å². The predicted molar refractivity (Wildman–Crippen MR) is 173 cm³/mol. The molecule has 0 spiro atoms. The maximum Gasteiger partial charge on any atom is 0.123 e. The van der Waals surface area contributed by atoms with E-state index in [1.807, 2.05) is 36.4 Å². The fourth-order valence-corrected chi connectivity index (χ4v) is 6.71. The van der Waals surface area contributed by atoms with Gasteiger partial charge in [0, 0.05) is 0 Å². The molecule has 0 nitrogen and oxygen atoms in total. The number of halogens is 2. The van der Waals surface area contributed by atoms with Gasteiger partial charge < -0.3 is 0 Å². The third-order valence-electron chi connectivity index (χ3n) is 8.34. The van der Waals surface area contributed by atoms with Crippen LogP contribution in [0.25, 0.3) is 76.5 Å². The van der Waals surface area contributed by atoms with E-state index >= 15 is 0 Å². The molecule has 0 atom stereocenters. The summed E-state index contributed by atoms with van der Waals surface area (Å²) in [7, 11) is 0. The van der Waals surface area contributed by atoms with Crippen LogP contribution >= 0.6 is 0 Å². The number of hydrogen-bond acceptors (Lipinski definition) is 0. The van der Waals surface area contributed by atoms with E-state index in [0.717, 1.165) is 76.5 Å². The highest BCUT2D eigenvalue weighted by Gasteiger charge is 2.22. The Labute approximate surface area is 242 Å². The Balaban J connectivity index is 1.60. The highest BCUT2D eigenvalue weighted by molar-refractivity contribution is 6.29. The van der Waals surface area contributed by atoms with Gasteiger partial charge in [-0.05, 0) is 101 Å². The first-order valence-electron chi connectivity index (χ1n) is 14.1. The molecule has 0 heterocycles. The molecule has 198 valence electrons. The molecule has 0 radical (unpaired) electrons. The summed E-state index contributed by atoms with van der Waals surface area (Å²) in [6.45, 7) is 0. The van der Waals surface area contributed by atoms with Crippen molar-refractivity contribution in [2.45, 2.75) is 0 Å². The van der Waals surface area contributed by atoms with Crippen molar-refractivity contribution in [3.8, 4) is 33.4 Å². The monoisotopic (exact) mass is 542 g/mol. The quantitative estimate of drug-likeness (QED) is 0.195. The van der Waals surface area contributed by atoms with Gasteiger partial charge in [0.05, 0.1) is 0 Å². The number of rotatable bonds is 3. The highest BCUT2D eigenvalue weighted by atomic mass is 19.1. The van der Waals surface area contributed by atoms with E-state index < -0.39 is 0 Å². The fraction of sp³-hybridized carbons (Fsp3) is 0. The summed E-state index contributed by atoms with van der Waals surface area (Å²) < 4.78 is 29.1. The molecule has 0 aromatic heterocycles. The van der Waals surface area contributed by atoms with Crippen LogP contribution in [-0.4, -0.2) is 0 Å². The number of benzene rings is 8. The molecule has 0 saturated heterocycles. The minimum atomic E-state index is -0.255. The average molecular weight is 543 g/mol. The van der Waals surface area contributed by atoms with Gasteiger partial charge in [-0.1, -0.05) is 121 Å². The van der Waals surface area contributed by atoms with Crippen LogP contribution in [-0.2, 0) is 0 Å². The third kappa shape index (κ3) is 3.73. The zero-order valence-corrected chi connectivity index (χ0v) is 22.6. The molecule has 0 unspecified atom stereocenters. The highest BCUT2D eigenvalue weighted by Crippen LogP contribution is 2.49. The minimum Gasteiger partial charge on any atom is -0.207 e. The normalized spacial score (nSPS) is 11.6. The molecular weight excluding hydrogens is 518 g/mol. The molecule has 0 aliphatic heterocycles. The summed E-state index contributed by atoms with van der Waals surface area (Å²) in [6, 6.07) is 47.4. The molecule has 0 aliphatic rings. The van der Waals surface area contributed by atoms with Gasteiger partial charge in [-0.3, -0.25) is 0 Å². The summed E-state index contributed by atoms with van der Waals surface area (Å²) in [5, 5.41) is 8.68. The summed E-state index contributed by atoms with van der Waals surface area (Å²) in [4.78, 5) is 0. The van der Waals surface area contributed by atoms with Crippen LogP contribution in [0.5, 0.6) is 0 Å². The third-order valence-corrected chi connectivity index (χ3v) is 8.34. The van der Waals surface area contributed by atoms with E-state index in [0.29, 0.717) is 0 Å². The van der Waals surface area contributed by atoms with Gasteiger partial charge in [0.1, 0.15) is 11.6 Å². The predicted octanol–water partition coefficient (Wildman–Crippen LogP) is 11.6. The van der Waals surface area contributed by atoms with Crippen LogP contribution in [0, 0.1) is 11.6 Å². The molecule has 0 amide bonds. The maximum atomic E-state index is 14.5. The van der Waals surface area contributed by atoms with E-state index in [1.54, 1.807) is 24.3 Å². The summed E-state index contributed by atoms with van der Waals surface area (Å²) in [5.41, 5.74) is 6.03. The van der Waals surface area contributed by atoms with Crippen molar-refractivity contribution in [3.05, 3.63) is 157 Å². The smallest absolute Gasteiger partial charge is 0.123 e.